The number of pyridine rings is 1. The number of thiazole rings is 1. The number of aryl methyl sites for hydroxylation is 2. The van der Waals surface area contributed by atoms with E-state index < -0.39 is 0 Å². The van der Waals surface area contributed by atoms with Crippen LogP contribution in [-0.2, 0) is 13.1 Å². The summed E-state index contributed by atoms with van der Waals surface area (Å²) in [5.74, 6) is 0.961. The fraction of sp³-hybridized carbons (Fsp3) is 0.385. The van der Waals surface area contributed by atoms with Gasteiger partial charge in [-0.15, -0.1) is 11.3 Å². The molecule has 0 radical (unpaired) electrons. The maximum atomic E-state index is 5.69. The molecule has 0 atom stereocenters. The Kier molecular flexibility index (Phi) is 3.93. The number of anilines is 1. The van der Waals surface area contributed by atoms with Crippen molar-refractivity contribution in [3.05, 3.63) is 39.5 Å². The second-order valence-electron chi connectivity index (χ2n) is 4.40. The number of aromatic nitrogens is 2. The maximum absolute atomic E-state index is 5.69. The van der Waals surface area contributed by atoms with Gasteiger partial charge in [-0.2, -0.15) is 0 Å². The molecule has 0 unspecified atom stereocenters. The number of rotatable bonds is 4. The Hall–Kier alpha value is -1.46. The third kappa shape index (κ3) is 2.86. The van der Waals surface area contributed by atoms with Crippen LogP contribution in [0, 0.1) is 13.8 Å². The molecule has 4 nitrogen and oxygen atoms in total. The second-order valence-corrected chi connectivity index (χ2v) is 5.34. The van der Waals surface area contributed by atoms with Crippen molar-refractivity contribution in [2.24, 2.45) is 5.73 Å². The molecule has 0 aromatic carbocycles. The standard InChI is InChI=1S/C13H18N4S/c1-9-4-11(6-14)5-13(16-9)17(3)7-12-10(2)15-8-18-12/h4-5,8H,6-7,14H2,1-3H3. The quantitative estimate of drug-likeness (QED) is 0.918. The van der Waals surface area contributed by atoms with Gasteiger partial charge >= 0.3 is 0 Å². The Morgan fingerprint density at radius 2 is 2.11 bits per heavy atom. The normalized spacial score (nSPS) is 10.7. The first-order valence-electron chi connectivity index (χ1n) is 5.88. The monoisotopic (exact) mass is 262 g/mol. The molecule has 2 heterocycles. The third-order valence-corrected chi connectivity index (χ3v) is 3.77. The first-order chi connectivity index (χ1) is 8.60. The molecule has 5 heteroatoms. The Labute approximate surface area is 111 Å². The minimum absolute atomic E-state index is 0.545. The van der Waals surface area contributed by atoms with Crippen molar-refractivity contribution >= 4 is 17.2 Å². The zero-order valence-electron chi connectivity index (χ0n) is 11.0. The van der Waals surface area contributed by atoms with Crippen LogP contribution in [0.3, 0.4) is 0 Å². The molecule has 96 valence electrons. The lowest BCUT2D eigenvalue weighted by Crippen LogP contribution is -2.18. The summed E-state index contributed by atoms with van der Waals surface area (Å²) in [7, 11) is 2.04. The number of hydrogen-bond donors (Lipinski definition) is 1. The van der Waals surface area contributed by atoms with Gasteiger partial charge in [-0.25, -0.2) is 9.97 Å². The van der Waals surface area contributed by atoms with Crippen molar-refractivity contribution in [2.45, 2.75) is 26.9 Å². The van der Waals surface area contributed by atoms with E-state index in [9.17, 15) is 0 Å². The van der Waals surface area contributed by atoms with Crippen molar-refractivity contribution in [3.8, 4) is 0 Å². The van der Waals surface area contributed by atoms with Crippen LogP contribution in [0.5, 0.6) is 0 Å². The molecule has 2 rings (SSSR count). The molecule has 0 aliphatic carbocycles. The zero-order valence-corrected chi connectivity index (χ0v) is 11.8. The molecular weight excluding hydrogens is 244 g/mol. The summed E-state index contributed by atoms with van der Waals surface area (Å²) >= 11 is 1.68. The Morgan fingerprint density at radius 3 is 2.72 bits per heavy atom. The van der Waals surface area contributed by atoms with Crippen molar-refractivity contribution in [3.63, 3.8) is 0 Å². The zero-order chi connectivity index (χ0) is 13.1. The summed E-state index contributed by atoms with van der Waals surface area (Å²) in [6, 6.07) is 4.07. The highest BCUT2D eigenvalue weighted by molar-refractivity contribution is 7.09. The van der Waals surface area contributed by atoms with Crippen LogP contribution in [-0.4, -0.2) is 17.0 Å². The van der Waals surface area contributed by atoms with E-state index in [1.54, 1.807) is 11.3 Å². The van der Waals surface area contributed by atoms with Crippen LogP contribution >= 0.6 is 11.3 Å². The average molecular weight is 262 g/mol. The highest BCUT2D eigenvalue weighted by Gasteiger charge is 2.09. The molecule has 2 aromatic rings. The molecule has 0 aliphatic rings. The molecule has 2 aromatic heterocycles. The van der Waals surface area contributed by atoms with Crippen LogP contribution in [0.1, 0.15) is 21.8 Å². The van der Waals surface area contributed by atoms with E-state index in [2.05, 4.69) is 14.9 Å². The Bertz CT molecular complexity index is 536. The minimum Gasteiger partial charge on any atom is -0.354 e. The van der Waals surface area contributed by atoms with Crippen molar-refractivity contribution in [1.82, 2.24) is 9.97 Å². The summed E-state index contributed by atoms with van der Waals surface area (Å²) in [4.78, 5) is 12.2. The first kappa shape index (κ1) is 13.0. The summed E-state index contributed by atoms with van der Waals surface area (Å²) in [5, 5.41) is 0. The fourth-order valence-electron chi connectivity index (χ4n) is 1.81. The SMILES string of the molecule is Cc1cc(CN)cc(N(C)Cc2scnc2C)n1. The predicted molar refractivity (Wildman–Crippen MR) is 75.8 cm³/mol. The smallest absolute Gasteiger partial charge is 0.129 e. The van der Waals surface area contributed by atoms with Gasteiger partial charge in [-0.1, -0.05) is 0 Å². The predicted octanol–water partition coefficient (Wildman–Crippen LogP) is 2.25. The lowest BCUT2D eigenvalue weighted by molar-refractivity contribution is 0.888. The molecule has 0 aliphatic heterocycles. The molecular formula is C13H18N4S. The van der Waals surface area contributed by atoms with Crippen molar-refractivity contribution in [1.29, 1.82) is 0 Å². The van der Waals surface area contributed by atoms with Crippen molar-refractivity contribution < 1.29 is 0 Å². The minimum atomic E-state index is 0.545. The van der Waals surface area contributed by atoms with Gasteiger partial charge in [0.25, 0.3) is 0 Å². The van der Waals surface area contributed by atoms with E-state index in [0.717, 1.165) is 29.3 Å². The molecule has 0 bridgehead atoms. The van der Waals surface area contributed by atoms with Gasteiger partial charge in [-0.3, -0.25) is 0 Å². The molecule has 0 amide bonds. The van der Waals surface area contributed by atoms with Crippen molar-refractivity contribution in [2.75, 3.05) is 11.9 Å². The summed E-state index contributed by atoms with van der Waals surface area (Å²) in [6.07, 6.45) is 0. The average Bonchev–Trinajstić information content (AvgIpc) is 2.74. The van der Waals surface area contributed by atoms with E-state index >= 15 is 0 Å². The second kappa shape index (κ2) is 5.46. The lowest BCUT2D eigenvalue weighted by Gasteiger charge is -2.19. The molecule has 0 saturated heterocycles. The van der Waals surface area contributed by atoms with Crippen LogP contribution in [0.2, 0.25) is 0 Å². The van der Waals surface area contributed by atoms with E-state index in [-0.39, 0.29) is 0 Å². The maximum Gasteiger partial charge on any atom is 0.129 e. The van der Waals surface area contributed by atoms with Crippen LogP contribution in [0.4, 0.5) is 5.82 Å². The topological polar surface area (TPSA) is 55.0 Å². The fourth-order valence-corrected chi connectivity index (χ4v) is 2.64. The largest absolute Gasteiger partial charge is 0.354 e. The summed E-state index contributed by atoms with van der Waals surface area (Å²) in [6.45, 7) is 5.41. The third-order valence-electron chi connectivity index (χ3n) is 2.85. The summed E-state index contributed by atoms with van der Waals surface area (Å²) in [5.41, 5.74) is 10.8. The van der Waals surface area contributed by atoms with Crippen LogP contribution in [0.25, 0.3) is 0 Å². The molecule has 0 fully saturated rings. The van der Waals surface area contributed by atoms with E-state index in [1.165, 1.54) is 4.88 Å². The number of nitrogens with two attached hydrogens (primary N) is 1. The van der Waals surface area contributed by atoms with Gasteiger partial charge in [0.05, 0.1) is 17.7 Å². The van der Waals surface area contributed by atoms with Crippen LogP contribution in [0.15, 0.2) is 17.6 Å². The van der Waals surface area contributed by atoms with Gasteiger partial charge in [0, 0.05) is 24.2 Å². The number of hydrogen-bond acceptors (Lipinski definition) is 5. The van der Waals surface area contributed by atoms with Gasteiger partial charge in [-0.05, 0) is 31.5 Å². The van der Waals surface area contributed by atoms with Gasteiger partial charge in [0.2, 0.25) is 0 Å². The lowest BCUT2D eigenvalue weighted by atomic mass is 10.2. The van der Waals surface area contributed by atoms with Crippen LogP contribution < -0.4 is 10.6 Å². The Morgan fingerprint density at radius 1 is 1.33 bits per heavy atom. The van der Waals surface area contributed by atoms with Gasteiger partial charge in [0.15, 0.2) is 0 Å². The molecule has 18 heavy (non-hydrogen) atoms. The summed E-state index contributed by atoms with van der Waals surface area (Å²) < 4.78 is 0. The van der Waals surface area contributed by atoms with Gasteiger partial charge in [0.1, 0.15) is 5.82 Å². The first-order valence-corrected chi connectivity index (χ1v) is 6.76. The van der Waals surface area contributed by atoms with Gasteiger partial charge < -0.3 is 10.6 Å². The van der Waals surface area contributed by atoms with E-state index in [1.807, 2.05) is 38.5 Å². The number of nitrogens with zero attached hydrogens (tertiary/aromatic N) is 3. The highest BCUT2D eigenvalue weighted by atomic mass is 32.1. The highest BCUT2D eigenvalue weighted by Crippen LogP contribution is 2.19. The molecule has 2 N–H and O–H groups in total. The van der Waals surface area contributed by atoms with E-state index in [0.29, 0.717) is 6.54 Å². The molecule has 0 saturated carbocycles. The molecule has 0 spiro atoms. The van der Waals surface area contributed by atoms with E-state index in [4.69, 9.17) is 5.73 Å². The Balaban J connectivity index is 2.20.